The molecule has 1 unspecified atom stereocenters. The Morgan fingerprint density at radius 2 is 1.61 bits per heavy atom. The van der Waals surface area contributed by atoms with Gasteiger partial charge in [0, 0.05) is 16.6 Å². The topological polar surface area (TPSA) is 46.9 Å². The van der Waals surface area contributed by atoms with Gasteiger partial charge >= 0.3 is 0 Å². The number of nitrogens with one attached hydrogen (secondary N) is 1. The molecule has 33 heavy (non-hydrogen) atoms. The highest BCUT2D eigenvalue weighted by molar-refractivity contribution is 6.30. The van der Waals surface area contributed by atoms with E-state index in [1.54, 1.807) is 0 Å². The summed E-state index contributed by atoms with van der Waals surface area (Å²) < 4.78 is 2.21. The van der Waals surface area contributed by atoms with Crippen molar-refractivity contribution in [1.29, 1.82) is 0 Å². The number of carbonyl (C=O) groups excluding carboxylic acids is 1. The van der Waals surface area contributed by atoms with Crippen molar-refractivity contribution in [2.45, 2.75) is 71.9 Å². The zero-order valence-electron chi connectivity index (χ0n) is 20.2. The van der Waals surface area contributed by atoms with Crippen molar-refractivity contribution in [3.63, 3.8) is 0 Å². The Kier molecular flexibility index (Phi) is 7.43. The number of aromatic nitrogens is 2. The van der Waals surface area contributed by atoms with Crippen LogP contribution < -0.4 is 5.32 Å². The summed E-state index contributed by atoms with van der Waals surface area (Å²) in [5, 5.41) is 4.14. The fourth-order valence-electron chi connectivity index (χ4n) is 5.47. The van der Waals surface area contributed by atoms with Crippen molar-refractivity contribution in [2.75, 3.05) is 0 Å². The molecule has 0 radical (unpaired) electrons. The summed E-state index contributed by atoms with van der Waals surface area (Å²) in [5.74, 6) is 1.99. The van der Waals surface area contributed by atoms with Crippen molar-refractivity contribution in [3.8, 4) is 11.4 Å². The molecule has 0 saturated heterocycles. The lowest BCUT2D eigenvalue weighted by molar-refractivity contribution is -0.127. The molecule has 4 nitrogen and oxygen atoms in total. The summed E-state index contributed by atoms with van der Waals surface area (Å²) in [6.45, 7) is 8.75. The van der Waals surface area contributed by atoms with E-state index in [-0.39, 0.29) is 18.0 Å². The zero-order chi connectivity index (χ0) is 23.5. The molecular formula is C28H36ClN3O. The SMILES string of the molecule is CC(C)C(NC(=O)C(C1CCCCC1)n1c(-c2ccc(Cl)cc2)nc2ccccc21)C(C)C. The number of imidazole rings is 1. The minimum Gasteiger partial charge on any atom is -0.351 e. The molecule has 1 saturated carbocycles. The predicted octanol–water partition coefficient (Wildman–Crippen LogP) is 7.27. The summed E-state index contributed by atoms with van der Waals surface area (Å²) >= 11 is 6.18. The van der Waals surface area contributed by atoms with Crippen LogP contribution in [-0.4, -0.2) is 21.5 Å². The van der Waals surface area contributed by atoms with Gasteiger partial charge in [-0.05, 0) is 67.0 Å². The molecule has 1 N–H and O–H groups in total. The van der Waals surface area contributed by atoms with Gasteiger partial charge in [0.05, 0.1) is 11.0 Å². The van der Waals surface area contributed by atoms with Gasteiger partial charge in [-0.25, -0.2) is 4.98 Å². The first-order valence-electron chi connectivity index (χ1n) is 12.4. The third-order valence-electron chi connectivity index (χ3n) is 7.09. The van der Waals surface area contributed by atoms with Crippen LogP contribution in [0.3, 0.4) is 0 Å². The van der Waals surface area contributed by atoms with Crippen LogP contribution in [0.25, 0.3) is 22.4 Å². The Morgan fingerprint density at radius 1 is 0.970 bits per heavy atom. The number of amides is 1. The molecule has 0 aliphatic heterocycles. The Balaban J connectivity index is 1.86. The van der Waals surface area contributed by atoms with E-state index < -0.39 is 0 Å². The predicted molar refractivity (Wildman–Crippen MR) is 137 cm³/mol. The van der Waals surface area contributed by atoms with Crippen molar-refractivity contribution in [1.82, 2.24) is 14.9 Å². The van der Waals surface area contributed by atoms with E-state index in [0.717, 1.165) is 35.3 Å². The third-order valence-corrected chi connectivity index (χ3v) is 7.34. The van der Waals surface area contributed by atoms with Gasteiger partial charge in [0.15, 0.2) is 0 Å². The maximum absolute atomic E-state index is 14.1. The number of rotatable bonds is 7. The number of hydrogen-bond donors (Lipinski definition) is 1. The number of carbonyl (C=O) groups is 1. The van der Waals surface area contributed by atoms with Crippen LogP contribution in [0.15, 0.2) is 48.5 Å². The molecule has 1 heterocycles. The second-order valence-corrected chi connectivity index (χ2v) is 10.6. The summed E-state index contributed by atoms with van der Waals surface area (Å²) in [4.78, 5) is 19.1. The molecule has 1 aliphatic carbocycles. The second kappa shape index (κ2) is 10.3. The van der Waals surface area contributed by atoms with E-state index >= 15 is 0 Å². The third kappa shape index (κ3) is 5.11. The average molecular weight is 466 g/mol. The molecule has 0 spiro atoms. The summed E-state index contributed by atoms with van der Waals surface area (Å²) in [7, 11) is 0. The normalized spacial score (nSPS) is 16.1. The number of hydrogen-bond acceptors (Lipinski definition) is 2. The van der Waals surface area contributed by atoms with Gasteiger partial charge < -0.3 is 9.88 Å². The number of fused-ring (bicyclic) bond motifs is 1. The highest BCUT2D eigenvalue weighted by atomic mass is 35.5. The Morgan fingerprint density at radius 3 is 2.24 bits per heavy atom. The van der Waals surface area contributed by atoms with Crippen molar-refractivity contribution in [2.24, 2.45) is 17.8 Å². The molecule has 2 aromatic carbocycles. The number of para-hydroxylation sites is 2. The number of benzene rings is 2. The van der Waals surface area contributed by atoms with Gasteiger partial charge in [-0.15, -0.1) is 0 Å². The molecule has 0 bridgehead atoms. The molecule has 1 atom stereocenters. The first-order chi connectivity index (χ1) is 15.9. The number of nitrogens with zero attached hydrogens (tertiary/aromatic N) is 2. The van der Waals surface area contributed by atoms with Crippen molar-refractivity contribution >= 4 is 28.5 Å². The summed E-state index contributed by atoms with van der Waals surface area (Å²) in [6, 6.07) is 15.8. The van der Waals surface area contributed by atoms with Crippen LogP contribution in [0.4, 0.5) is 0 Å². The first-order valence-corrected chi connectivity index (χ1v) is 12.8. The smallest absolute Gasteiger partial charge is 0.243 e. The number of halogens is 1. The van der Waals surface area contributed by atoms with Crippen LogP contribution in [0.2, 0.25) is 5.02 Å². The lowest BCUT2D eigenvalue weighted by Crippen LogP contribution is -2.47. The van der Waals surface area contributed by atoms with E-state index in [2.05, 4.69) is 43.6 Å². The van der Waals surface area contributed by atoms with Crippen molar-refractivity contribution < 1.29 is 4.79 Å². The molecular weight excluding hydrogens is 430 g/mol. The largest absolute Gasteiger partial charge is 0.351 e. The second-order valence-electron chi connectivity index (χ2n) is 10.2. The maximum Gasteiger partial charge on any atom is 0.243 e. The Labute approximate surface area is 202 Å². The van der Waals surface area contributed by atoms with Crippen molar-refractivity contribution in [3.05, 3.63) is 53.6 Å². The summed E-state index contributed by atoms with van der Waals surface area (Å²) in [5.41, 5.74) is 2.91. The standard InChI is InChI=1S/C28H36ClN3O/c1-18(2)25(19(3)4)31-28(33)26(20-10-6-5-7-11-20)32-24-13-9-8-12-23(24)30-27(32)21-14-16-22(29)17-15-21/h8-9,12-20,25-26H,5-7,10-11H2,1-4H3,(H,31,33). The molecule has 1 aromatic heterocycles. The maximum atomic E-state index is 14.1. The fourth-order valence-corrected chi connectivity index (χ4v) is 5.60. The highest BCUT2D eigenvalue weighted by Crippen LogP contribution is 2.38. The lowest BCUT2D eigenvalue weighted by atomic mass is 9.82. The molecule has 1 fully saturated rings. The van der Waals surface area contributed by atoms with Crippen LogP contribution in [-0.2, 0) is 4.79 Å². The molecule has 4 rings (SSSR count). The monoisotopic (exact) mass is 465 g/mol. The van der Waals surface area contributed by atoms with Crippen LogP contribution in [0, 0.1) is 17.8 Å². The van der Waals surface area contributed by atoms with Gasteiger partial charge in [-0.1, -0.05) is 70.7 Å². The van der Waals surface area contributed by atoms with E-state index in [4.69, 9.17) is 16.6 Å². The molecule has 1 aliphatic rings. The molecule has 3 aromatic rings. The zero-order valence-corrected chi connectivity index (χ0v) is 21.0. The summed E-state index contributed by atoms with van der Waals surface area (Å²) in [6.07, 6.45) is 5.74. The van der Waals surface area contributed by atoms with E-state index in [1.807, 2.05) is 42.5 Å². The highest BCUT2D eigenvalue weighted by Gasteiger charge is 2.35. The fraction of sp³-hybridized carbons (Fsp3) is 0.500. The molecule has 5 heteroatoms. The van der Waals surface area contributed by atoms with Gasteiger partial charge in [0.25, 0.3) is 0 Å². The van der Waals surface area contributed by atoms with Gasteiger partial charge in [-0.3, -0.25) is 4.79 Å². The molecule has 176 valence electrons. The van der Waals surface area contributed by atoms with Crippen LogP contribution in [0.5, 0.6) is 0 Å². The first kappa shape index (κ1) is 23.8. The minimum atomic E-state index is -0.289. The minimum absolute atomic E-state index is 0.118. The average Bonchev–Trinajstić information content (AvgIpc) is 3.18. The quantitative estimate of drug-likeness (QED) is 0.398. The molecule has 1 amide bonds. The Bertz CT molecular complexity index is 1070. The van der Waals surface area contributed by atoms with Gasteiger partial charge in [0.2, 0.25) is 5.91 Å². The van der Waals surface area contributed by atoms with Crippen LogP contribution in [0.1, 0.15) is 65.8 Å². The Hall–Kier alpha value is -2.33. The van der Waals surface area contributed by atoms with Gasteiger partial charge in [-0.2, -0.15) is 0 Å². The van der Waals surface area contributed by atoms with E-state index in [9.17, 15) is 4.79 Å². The van der Waals surface area contributed by atoms with Gasteiger partial charge in [0.1, 0.15) is 11.9 Å². The van der Waals surface area contributed by atoms with E-state index in [1.165, 1.54) is 19.3 Å². The lowest BCUT2D eigenvalue weighted by Gasteiger charge is -2.34. The van der Waals surface area contributed by atoms with Crippen LogP contribution >= 0.6 is 11.6 Å². The van der Waals surface area contributed by atoms with E-state index in [0.29, 0.717) is 22.8 Å².